The van der Waals surface area contributed by atoms with Gasteiger partial charge in [0, 0.05) is 19.2 Å². The van der Waals surface area contributed by atoms with Gasteiger partial charge in [-0.1, -0.05) is 5.16 Å². The highest BCUT2D eigenvalue weighted by atomic mass is 19.4. The Labute approximate surface area is 154 Å². The smallest absolute Gasteiger partial charge is 0.340 e. The molecule has 2 atom stereocenters. The number of nitrogens with two attached hydrogens (primary N) is 1. The molecule has 1 aromatic carbocycles. The van der Waals surface area contributed by atoms with Crippen molar-refractivity contribution < 1.29 is 26.5 Å². The van der Waals surface area contributed by atoms with Crippen LogP contribution in [0, 0.1) is 5.82 Å². The summed E-state index contributed by atoms with van der Waals surface area (Å²) in [5.74, 6) is -1.88. The third-order valence-electron chi connectivity index (χ3n) is 4.56. The number of hydrogen-bond acceptors (Lipinski definition) is 6. The van der Waals surface area contributed by atoms with Crippen LogP contribution in [0.1, 0.15) is 18.1 Å². The molecule has 2 aromatic heterocycles. The van der Waals surface area contributed by atoms with E-state index >= 15 is 0 Å². The van der Waals surface area contributed by atoms with E-state index in [9.17, 15) is 22.0 Å². The number of alkyl halides is 4. The molecule has 4 rings (SSSR count). The maximum absolute atomic E-state index is 13.7. The second-order valence-electron chi connectivity index (χ2n) is 6.56. The van der Waals surface area contributed by atoms with Gasteiger partial charge in [-0.25, -0.2) is 13.8 Å². The quantitative estimate of drug-likeness (QED) is 0.678. The van der Waals surface area contributed by atoms with Crippen molar-refractivity contribution in [1.82, 2.24) is 19.7 Å². The Hall–Kier alpha value is -2.76. The number of piperidine rings is 1. The van der Waals surface area contributed by atoms with Gasteiger partial charge in [-0.2, -0.15) is 18.2 Å². The first-order valence-electron chi connectivity index (χ1n) is 8.42. The minimum Gasteiger partial charge on any atom is -0.340 e. The van der Waals surface area contributed by atoms with Gasteiger partial charge in [-0.15, -0.1) is 0 Å². The molecule has 0 unspecified atom stereocenters. The van der Waals surface area contributed by atoms with E-state index in [1.807, 2.05) is 0 Å². The highest BCUT2D eigenvalue weighted by molar-refractivity contribution is 5.79. The van der Waals surface area contributed by atoms with Crippen molar-refractivity contribution in [3.63, 3.8) is 0 Å². The number of rotatable bonds is 3. The lowest BCUT2D eigenvalue weighted by Crippen LogP contribution is -2.50. The zero-order valence-corrected chi connectivity index (χ0v) is 14.3. The topological polar surface area (TPSA) is 86.0 Å². The molecule has 1 aliphatic heterocycles. The number of aromatic nitrogens is 4. The van der Waals surface area contributed by atoms with Gasteiger partial charge >= 0.3 is 6.18 Å². The van der Waals surface area contributed by atoms with Crippen molar-refractivity contribution in [2.75, 3.05) is 18.0 Å². The molecular formula is C16H15F5N6O. The predicted octanol–water partition coefficient (Wildman–Crippen LogP) is 2.50. The molecule has 3 heterocycles. The standard InChI is InChI=1S/C16H15F5N6O/c17-8-1-2-12-11(5-8)23-15(26-4-3-9(18)10(22)6-26)27(12)7-13-24-14(25-28-13)16(19,20)21/h1-2,5,9-10H,3-4,6-7,22H2/t9-,10-/m1/s1. The summed E-state index contributed by atoms with van der Waals surface area (Å²) in [5, 5.41) is 2.94. The number of halogens is 5. The van der Waals surface area contributed by atoms with Crippen LogP contribution in [0.5, 0.6) is 0 Å². The molecule has 0 spiro atoms. The van der Waals surface area contributed by atoms with E-state index in [1.165, 1.54) is 22.8 Å². The fourth-order valence-corrected chi connectivity index (χ4v) is 3.19. The van der Waals surface area contributed by atoms with E-state index in [4.69, 9.17) is 10.3 Å². The number of anilines is 1. The Morgan fingerprint density at radius 1 is 1.25 bits per heavy atom. The summed E-state index contributed by atoms with van der Waals surface area (Å²) in [4.78, 5) is 9.44. The van der Waals surface area contributed by atoms with Crippen LogP contribution in [0.15, 0.2) is 22.7 Å². The van der Waals surface area contributed by atoms with Crippen molar-refractivity contribution in [3.05, 3.63) is 35.7 Å². The van der Waals surface area contributed by atoms with Gasteiger partial charge in [0.25, 0.3) is 5.82 Å². The van der Waals surface area contributed by atoms with Crippen molar-refractivity contribution in [2.24, 2.45) is 5.73 Å². The summed E-state index contributed by atoms with van der Waals surface area (Å²) in [7, 11) is 0. The van der Waals surface area contributed by atoms with Crippen LogP contribution in [0.2, 0.25) is 0 Å². The Morgan fingerprint density at radius 3 is 2.71 bits per heavy atom. The molecule has 12 heteroatoms. The lowest BCUT2D eigenvalue weighted by atomic mass is 10.1. The van der Waals surface area contributed by atoms with Crippen LogP contribution < -0.4 is 10.6 Å². The molecule has 2 N–H and O–H groups in total. The summed E-state index contributed by atoms with van der Waals surface area (Å²) in [6.07, 6.45) is -5.71. The molecule has 28 heavy (non-hydrogen) atoms. The SMILES string of the molecule is N[C@@H]1CN(c2nc3cc(F)ccc3n2Cc2nc(C(F)(F)F)no2)CC[C@H]1F. The largest absolute Gasteiger partial charge is 0.455 e. The maximum atomic E-state index is 13.7. The Kier molecular flexibility index (Phi) is 4.44. The van der Waals surface area contributed by atoms with E-state index in [-0.39, 0.29) is 25.4 Å². The van der Waals surface area contributed by atoms with Crippen LogP contribution in [0.4, 0.5) is 27.9 Å². The maximum Gasteiger partial charge on any atom is 0.455 e. The van der Waals surface area contributed by atoms with Crippen LogP contribution >= 0.6 is 0 Å². The monoisotopic (exact) mass is 402 g/mol. The molecule has 0 amide bonds. The van der Waals surface area contributed by atoms with Gasteiger partial charge in [0.1, 0.15) is 18.5 Å². The molecule has 1 saturated heterocycles. The minimum atomic E-state index is -4.74. The van der Waals surface area contributed by atoms with Gasteiger partial charge in [0.05, 0.1) is 17.1 Å². The summed E-state index contributed by atoms with van der Waals surface area (Å²) in [6, 6.07) is 3.12. The summed E-state index contributed by atoms with van der Waals surface area (Å²) in [6.45, 7) is 0.244. The Bertz CT molecular complexity index is 999. The fourth-order valence-electron chi connectivity index (χ4n) is 3.19. The van der Waals surface area contributed by atoms with Gasteiger partial charge in [-0.3, -0.25) is 0 Å². The molecule has 1 aliphatic rings. The number of benzene rings is 1. The first-order chi connectivity index (χ1) is 13.2. The van der Waals surface area contributed by atoms with Crippen LogP contribution in [-0.2, 0) is 12.7 Å². The fraction of sp³-hybridized carbons (Fsp3) is 0.438. The van der Waals surface area contributed by atoms with Crippen LogP contribution in [0.25, 0.3) is 11.0 Å². The van der Waals surface area contributed by atoms with E-state index in [2.05, 4.69) is 15.1 Å². The zero-order valence-electron chi connectivity index (χ0n) is 14.3. The number of fused-ring (bicyclic) bond motifs is 1. The molecule has 0 radical (unpaired) electrons. The number of imidazole rings is 1. The summed E-state index contributed by atoms with van der Waals surface area (Å²) < 4.78 is 71.7. The molecular weight excluding hydrogens is 387 g/mol. The Balaban J connectivity index is 1.74. The molecule has 3 aromatic rings. The predicted molar refractivity (Wildman–Crippen MR) is 87.8 cm³/mol. The van der Waals surface area contributed by atoms with Crippen LogP contribution in [-0.4, -0.2) is 45.0 Å². The zero-order chi connectivity index (χ0) is 20.1. The van der Waals surface area contributed by atoms with E-state index in [0.29, 0.717) is 23.5 Å². The highest BCUT2D eigenvalue weighted by Crippen LogP contribution is 2.29. The number of hydrogen-bond donors (Lipinski definition) is 1. The van der Waals surface area contributed by atoms with E-state index < -0.39 is 30.0 Å². The molecule has 0 aliphatic carbocycles. The summed E-state index contributed by atoms with van der Waals surface area (Å²) >= 11 is 0. The first-order valence-corrected chi connectivity index (χ1v) is 8.42. The molecule has 0 saturated carbocycles. The molecule has 1 fully saturated rings. The van der Waals surface area contributed by atoms with Gasteiger partial charge in [0.2, 0.25) is 11.8 Å². The lowest BCUT2D eigenvalue weighted by Gasteiger charge is -2.33. The summed E-state index contributed by atoms with van der Waals surface area (Å²) in [5.41, 5.74) is 6.55. The van der Waals surface area contributed by atoms with Crippen molar-refractivity contribution in [2.45, 2.75) is 31.4 Å². The highest BCUT2D eigenvalue weighted by Gasteiger charge is 2.37. The van der Waals surface area contributed by atoms with Gasteiger partial charge in [0.15, 0.2) is 0 Å². The van der Waals surface area contributed by atoms with Gasteiger partial charge < -0.3 is 19.7 Å². The first kappa shape index (κ1) is 18.6. The molecule has 0 bridgehead atoms. The van der Waals surface area contributed by atoms with Crippen molar-refractivity contribution in [1.29, 1.82) is 0 Å². The molecule has 150 valence electrons. The normalized spacial score (nSPS) is 20.9. The third-order valence-corrected chi connectivity index (χ3v) is 4.56. The van der Waals surface area contributed by atoms with Crippen molar-refractivity contribution in [3.8, 4) is 0 Å². The second-order valence-corrected chi connectivity index (χ2v) is 6.56. The van der Waals surface area contributed by atoms with Crippen molar-refractivity contribution >= 4 is 17.0 Å². The van der Waals surface area contributed by atoms with Gasteiger partial charge in [-0.05, 0) is 18.6 Å². The van der Waals surface area contributed by atoms with Crippen LogP contribution in [0.3, 0.4) is 0 Å². The average Bonchev–Trinajstić information content (AvgIpc) is 3.22. The average molecular weight is 402 g/mol. The second kappa shape index (κ2) is 6.69. The Morgan fingerprint density at radius 2 is 2.04 bits per heavy atom. The van der Waals surface area contributed by atoms with E-state index in [1.54, 1.807) is 4.90 Å². The van der Waals surface area contributed by atoms with E-state index in [0.717, 1.165) is 0 Å². The lowest BCUT2D eigenvalue weighted by molar-refractivity contribution is -0.146. The third kappa shape index (κ3) is 3.39. The number of nitrogens with zero attached hydrogens (tertiary/aromatic N) is 5. The minimum absolute atomic E-state index is 0.157. The molecule has 7 nitrogen and oxygen atoms in total.